The topological polar surface area (TPSA) is 53.2 Å². The number of hydrogen-bond acceptors (Lipinski definition) is 2. The third-order valence-electron chi connectivity index (χ3n) is 2.68. The number of hydrogen-bond donors (Lipinski definition) is 3. The largest absolute Gasteiger partial charge is 0.331 e. The Balaban J connectivity index is 1.79. The van der Waals surface area contributed by atoms with E-state index in [9.17, 15) is 13.6 Å². The smallest absolute Gasteiger partial charge is 0.262 e. The van der Waals surface area contributed by atoms with Crippen molar-refractivity contribution in [1.29, 1.82) is 0 Å². The highest BCUT2D eigenvalue weighted by Gasteiger charge is 2.00. The van der Waals surface area contributed by atoms with Gasteiger partial charge in [-0.1, -0.05) is 12.1 Å². The van der Waals surface area contributed by atoms with Gasteiger partial charge in [0, 0.05) is 11.8 Å². The molecular weight excluding hydrogens is 320 g/mol. The minimum Gasteiger partial charge on any atom is -0.331 e. The molecule has 2 rings (SSSR count). The van der Waals surface area contributed by atoms with Gasteiger partial charge in [0.25, 0.3) is 5.91 Å². The molecule has 0 spiro atoms. The molecule has 118 valence electrons. The molecule has 0 radical (unpaired) electrons. The predicted octanol–water partition coefficient (Wildman–Crippen LogP) is 3.00. The maximum absolute atomic E-state index is 13.0. The first kappa shape index (κ1) is 16.6. The van der Waals surface area contributed by atoms with Crippen LogP contribution in [-0.2, 0) is 4.79 Å². The minimum absolute atomic E-state index is 0.143. The lowest BCUT2D eigenvalue weighted by Gasteiger charge is -2.10. The molecule has 0 heterocycles. The second-order valence-corrected chi connectivity index (χ2v) is 4.87. The summed E-state index contributed by atoms with van der Waals surface area (Å²) < 4.78 is 25.7. The molecule has 0 unspecified atom stereocenters. The highest BCUT2D eigenvalue weighted by Crippen LogP contribution is 2.07. The molecule has 7 heteroatoms. The molecule has 0 aromatic heterocycles. The van der Waals surface area contributed by atoms with Crippen molar-refractivity contribution in [2.24, 2.45) is 0 Å². The second-order valence-electron chi connectivity index (χ2n) is 4.46. The van der Waals surface area contributed by atoms with Crippen LogP contribution in [0.25, 0.3) is 6.08 Å². The minimum atomic E-state index is -0.461. The lowest BCUT2D eigenvalue weighted by molar-refractivity contribution is -0.116. The van der Waals surface area contributed by atoms with Gasteiger partial charge in [0.15, 0.2) is 5.11 Å². The van der Waals surface area contributed by atoms with E-state index in [4.69, 9.17) is 12.2 Å². The zero-order valence-electron chi connectivity index (χ0n) is 11.8. The van der Waals surface area contributed by atoms with Gasteiger partial charge in [-0.2, -0.15) is 0 Å². The van der Waals surface area contributed by atoms with Gasteiger partial charge in [-0.25, -0.2) is 8.78 Å². The van der Waals surface area contributed by atoms with Crippen LogP contribution in [0.3, 0.4) is 0 Å². The lowest BCUT2D eigenvalue weighted by atomic mass is 10.2. The third-order valence-corrected chi connectivity index (χ3v) is 2.88. The number of thiocarbonyl (C=S) groups is 1. The van der Waals surface area contributed by atoms with Crippen molar-refractivity contribution in [3.8, 4) is 0 Å². The summed E-state index contributed by atoms with van der Waals surface area (Å²) in [6, 6.07) is 11.4. The van der Waals surface area contributed by atoms with Crippen molar-refractivity contribution in [1.82, 2.24) is 10.9 Å². The van der Waals surface area contributed by atoms with Gasteiger partial charge in [0.05, 0.1) is 0 Å². The van der Waals surface area contributed by atoms with E-state index in [1.807, 2.05) is 0 Å². The van der Waals surface area contributed by atoms with Gasteiger partial charge in [-0.05, 0) is 60.3 Å². The predicted molar refractivity (Wildman–Crippen MR) is 89.3 cm³/mol. The molecule has 4 nitrogen and oxygen atoms in total. The van der Waals surface area contributed by atoms with Crippen molar-refractivity contribution in [2.75, 3.05) is 5.32 Å². The zero-order chi connectivity index (χ0) is 16.7. The summed E-state index contributed by atoms with van der Waals surface area (Å²) in [6.07, 6.45) is 2.71. The normalized spacial score (nSPS) is 10.3. The quantitative estimate of drug-likeness (QED) is 0.459. The van der Waals surface area contributed by atoms with Crippen LogP contribution in [0.4, 0.5) is 14.5 Å². The molecule has 0 atom stereocenters. The summed E-state index contributed by atoms with van der Waals surface area (Å²) in [7, 11) is 0. The Labute approximate surface area is 137 Å². The van der Waals surface area contributed by atoms with Crippen molar-refractivity contribution in [3.63, 3.8) is 0 Å². The maximum Gasteiger partial charge on any atom is 0.262 e. The van der Waals surface area contributed by atoms with Gasteiger partial charge in [-0.15, -0.1) is 0 Å². The van der Waals surface area contributed by atoms with Crippen LogP contribution in [0.1, 0.15) is 5.56 Å². The van der Waals surface area contributed by atoms with Crippen molar-refractivity contribution in [3.05, 3.63) is 71.8 Å². The molecule has 2 aromatic carbocycles. The van der Waals surface area contributed by atoms with Gasteiger partial charge in [-0.3, -0.25) is 15.6 Å². The number of hydrazine groups is 1. The first-order chi connectivity index (χ1) is 11.0. The van der Waals surface area contributed by atoms with E-state index < -0.39 is 5.91 Å². The molecule has 0 aliphatic heterocycles. The molecule has 0 aliphatic rings. The molecule has 0 saturated heterocycles. The summed E-state index contributed by atoms with van der Waals surface area (Å²) >= 11 is 4.98. The Bertz CT molecular complexity index is 732. The molecule has 0 bridgehead atoms. The number of amides is 1. The van der Waals surface area contributed by atoms with Gasteiger partial charge in [0.1, 0.15) is 11.6 Å². The Morgan fingerprint density at radius 2 is 1.74 bits per heavy atom. The Morgan fingerprint density at radius 3 is 2.43 bits per heavy atom. The molecular formula is C16H13F2N3OS. The number of halogens is 2. The number of benzene rings is 2. The Morgan fingerprint density at radius 1 is 1.00 bits per heavy atom. The Hall–Kier alpha value is -2.80. The number of carbonyl (C=O) groups is 1. The van der Waals surface area contributed by atoms with E-state index in [1.165, 1.54) is 48.6 Å². The first-order valence-electron chi connectivity index (χ1n) is 6.59. The number of rotatable bonds is 3. The van der Waals surface area contributed by atoms with Crippen LogP contribution in [0.5, 0.6) is 0 Å². The van der Waals surface area contributed by atoms with Crippen LogP contribution in [0, 0.1) is 11.6 Å². The van der Waals surface area contributed by atoms with E-state index >= 15 is 0 Å². The van der Waals surface area contributed by atoms with E-state index in [2.05, 4.69) is 16.2 Å². The molecule has 0 saturated carbocycles. The van der Waals surface area contributed by atoms with Gasteiger partial charge < -0.3 is 5.32 Å². The van der Waals surface area contributed by atoms with E-state index in [1.54, 1.807) is 12.1 Å². The summed E-state index contributed by atoms with van der Waals surface area (Å²) in [4.78, 5) is 11.6. The second kappa shape index (κ2) is 8.00. The van der Waals surface area contributed by atoms with Crippen molar-refractivity contribution in [2.45, 2.75) is 0 Å². The van der Waals surface area contributed by atoms with Crippen LogP contribution in [0.2, 0.25) is 0 Å². The fourth-order valence-corrected chi connectivity index (χ4v) is 1.81. The molecule has 0 fully saturated rings. The van der Waals surface area contributed by atoms with E-state index in [0.29, 0.717) is 11.3 Å². The van der Waals surface area contributed by atoms with Gasteiger partial charge >= 0.3 is 0 Å². The van der Waals surface area contributed by atoms with Crippen molar-refractivity contribution >= 4 is 35.0 Å². The van der Waals surface area contributed by atoms with E-state index in [0.717, 1.165) is 0 Å². The highest BCUT2D eigenvalue weighted by molar-refractivity contribution is 7.80. The summed E-state index contributed by atoms with van der Waals surface area (Å²) in [6.45, 7) is 0. The third kappa shape index (κ3) is 5.84. The zero-order valence-corrected chi connectivity index (χ0v) is 12.7. The lowest BCUT2D eigenvalue weighted by Crippen LogP contribution is -2.43. The molecule has 23 heavy (non-hydrogen) atoms. The average Bonchev–Trinajstić information content (AvgIpc) is 2.53. The molecule has 0 aliphatic carbocycles. The van der Waals surface area contributed by atoms with Crippen LogP contribution < -0.4 is 16.2 Å². The average molecular weight is 333 g/mol. The SMILES string of the molecule is O=C(/C=C/c1cccc(F)c1)NNC(=S)Nc1ccc(F)cc1. The van der Waals surface area contributed by atoms with Crippen molar-refractivity contribution < 1.29 is 13.6 Å². The monoisotopic (exact) mass is 333 g/mol. The number of anilines is 1. The molecule has 3 N–H and O–H groups in total. The Kier molecular flexibility index (Phi) is 5.76. The fourth-order valence-electron chi connectivity index (χ4n) is 1.64. The van der Waals surface area contributed by atoms with Crippen LogP contribution in [0.15, 0.2) is 54.6 Å². The van der Waals surface area contributed by atoms with E-state index in [-0.39, 0.29) is 16.7 Å². The summed E-state index contributed by atoms with van der Waals surface area (Å²) in [5.41, 5.74) is 5.99. The summed E-state index contributed by atoms with van der Waals surface area (Å²) in [5, 5.41) is 2.91. The van der Waals surface area contributed by atoms with Crippen LogP contribution >= 0.6 is 12.2 Å². The maximum atomic E-state index is 13.0. The molecule has 1 amide bonds. The first-order valence-corrected chi connectivity index (χ1v) is 7.00. The van der Waals surface area contributed by atoms with Gasteiger partial charge in [0.2, 0.25) is 0 Å². The summed E-state index contributed by atoms with van der Waals surface area (Å²) in [5.74, 6) is -1.20. The number of carbonyl (C=O) groups excluding carboxylic acids is 1. The highest BCUT2D eigenvalue weighted by atomic mass is 32.1. The molecule has 2 aromatic rings. The standard InChI is InChI=1S/C16H13F2N3OS/c17-12-5-7-14(8-6-12)19-16(23)21-20-15(22)9-4-11-2-1-3-13(18)10-11/h1-10H,(H,20,22)(H2,19,21,23)/b9-4+. The fraction of sp³-hybridized carbons (Fsp3) is 0. The number of nitrogens with one attached hydrogen (secondary N) is 3. The van der Waals surface area contributed by atoms with Crippen LogP contribution in [-0.4, -0.2) is 11.0 Å².